The van der Waals surface area contributed by atoms with Crippen LogP contribution >= 0.6 is 11.3 Å². The Morgan fingerprint density at radius 3 is 2.75 bits per heavy atom. The van der Waals surface area contributed by atoms with Crippen molar-refractivity contribution < 1.29 is 14.6 Å². The fourth-order valence-corrected chi connectivity index (χ4v) is 5.77. The standard InChI is InChI=1S/C24H36N8O3S/c1-2-20-28-21-22(26-17-3-5-19(6-4-17)31-7-11-34-12-8-31)29-24(30-23(21)36-20)27-18-15-25-32(16-18)9-13-35-14-10-33/h15-17,19,33H,2-14H2,1H3,(H2,26,27,29,30)/t17-,19-. The summed E-state index contributed by atoms with van der Waals surface area (Å²) in [4.78, 5) is 17.9. The summed E-state index contributed by atoms with van der Waals surface area (Å²) in [6.45, 7) is 7.38. The first-order chi connectivity index (χ1) is 17.7. The minimum atomic E-state index is 0.0226. The van der Waals surface area contributed by atoms with Crippen LogP contribution in [0.25, 0.3) is 10.3 Å². The highest BCUT2D eigenvalue weighted by Gasteiger charge is 2.28. The zero-order valence-electron chi connectivity index (χ0n) is 20.9. The Morgan fingerprint density at radius 1 is 1.14 bits per heavy atom. The van der Waals surface area contributed by atoms with Crippen molar-refractivity contribution in [1.29, 1.82) is 0 Å². The first kappa shape index (κ1) is 25.3. The van der Waals surface area contributed by atoms with E-state index in [9.17, 15) is 0 Å². The van der Waals surface area contributed by atoms with Crippen LogP contribution in [-0.4, -0.2) is 92.9 Å². The van der Waals surface area contributed by atoms with E-state index in [0.717, 1.165) is 72.4 Å². The number of aryl methyl sites for hydroxylation is 1. The molecule has 3 aromatic heterocycles. The number of fused-ring (bicyclic) bond motifs is 1. The molecule has 12 heteroatoms. The van der Waals surface area contributed by atoms with E-state index in [1.54, 1.807) is 22.2 Å². The van der Waals surface area contributed by atoms with Crippen LogP contribution < -0.4 is 10.6 Å². The molecule has 11 nitrogen and oxygen atoms in total. The van der Waals surface area contributed by atoms with Crippen LogP contribution in [0, 0.1) is 0 Å². The molecule has 3 aromatic rings. The van der Waals surface area contributed by atoms with Crippen LogP contribution in [0.2, 0.25) is 0 Å². The van der Waals surface area contributed by atoms with E-state index >= 15 is 0 Å². The summed E-state index contributed by atoms with van der Waals surface area (Å²) in [5.41, 5.74) is 1.67. The zero-order valence-corrected chi connectivity index (χ0v) is 21.7. The Balaban J connectivity index is 1.26. The molecule has 2 aliphatic rings. The Labute approximate surface area is 215 Å². The second-order valence-electron chi connectivity index (χ2n) is 9.26. The number of hydrogen-bond acceptors (Lipinski definition) is 11. The molecule has 1 aliphatic heterocycles. The van der Waals surface area contributed by atoms with Gasteiger partial charge in [-0.15, -0.1) is 0 Å². The lowest BCUT2D eigenvalue weighted by molar-refractivity contribution is 0.00791. The lowest BCUT2D eigenvalue weighted by atomic mass is 9.90. The Morgan fingerprint density at radius 2 is 1.97 bits per heavy atom. The van der Waals surface area contributed by atoms with Gasteiger partial charge in [-0.1, -0.05) is 18.3 Å². The largest absolute Gasteiger partial charge is 0.394 e. The number of ether oxygens (including phenoxy) is 2. The molecule has 0 amide bonds. The number of nitrogens with zero attached hydrogens (tertiary/aromatic N) is 6. The molecule has 0 unspecified atom stereocenters. The van der Waals surface area contributed by atoms with Gasteiger partial charge in [-0.3, -0.25) is 9.58 Å². The van der Waals surface area contributed by atoms with Gasteiger partial charge in [0.2, 0.25) is 5.95 Å². The molecule has 0 bridgehead atoms. The summed E-state index contributed by atoms with van der Waals surface area (Å²) >= 11 is 1.62. The van der Waals surface area contributed by atoms with Crippen molar-refractivity contribution in [3.63, 3.8) is 0 Å². The third-order valence-electron chi connectivity index (χ3n) is 6.79. The third-order valence-corrected chi connectivity index (χ3v) is 7.89. The smallest absolute Gasteiger partial charge is 0.230 e. The number of aliphatic hydroxyl groups excluding tert-OH is 1. The summed E-state index contributed by atoms with van der Waals surface area (Å²) < 4.78 is 12.6. The highest BCUT2D eigenvalue weighted by atomic mass is 32.1. The Bertz CT molecular complexity index is 1110. The summed E-state index contributed by atoms with van der Waals surface area (Å²) in [6, 6.07) is 1.04. The monoisotopic (exact) mass is 516 g/mol. The normalized spacial score (nSPS) is 21.2. The van der Waals surface area contributed by atoms with Crippen LogP contribution in [0.15, 0.2) is 12.4 Å². The van der Waals surface area contributed by atoms with E-state index < -0.39 is 0 Å². The number of nitrogens with one attached hydrogen (secondary N) is 2. The molecule has 0 aromatic carbocycles. The van der Waals surface area contributed by atoms with Crippen molar-refractivity contribution in [1.82, 2.24) is 29.6 Å². The first-order valence-corrected chi connectivity index (χ1v) is 13.8. The van der Waals surface area contributed by atoms with Gasteiger partial charge in [0.15, 0.2) is 10.6 Å². The molecule has 36 heavy (non-hydrogen) atoms. The molecule has 4 heterocycles. The molecule has 1 aliphatic carbocycles. The van der Waals surface area contributed by atoms with Gasteiger partial charge in [-0.25, -0.2) is 4.98 Å². The van der Waals surface area contributed by atoms with E-state index in [4.69, 9.17) is 29.5 Å². The van der Waals surface area contributed by atoms with Crippen molar-refractivity contribution in [2.45, 2.75) is 57.7 Å². The number of rotatable bonds is 11. The van der Waals surface area contributed by atoms with Crippen LogP contribution in [0.4, 0.5) is 17.5 Å². The molecule has 0 atom stereocenters. The van der Waals surface area contributed by atoms with Crippen molar-refractivity contribution in [3.05, 3.63) is 17.4 Å². The summed E-state index contributed by atoms with van der Waals surface area (Å²) in [5.74, 6) is 1.34. The molecule has 1 saturated heterocycles. The van der Waals surface area contributed by atoms with Crippen LogP contribution in [0.3, 0.4) is 0 Å². The van der Waals surface area contributed by atoms with Crippen molar-refractivity contribution in [2.24, 2.45) is 0 Å². The van der Waals surface area contributed by atoms with Gasteiger partial charge in [0.25, 0.3) is 0 Å². The molecule has 1 saturated carbocycles. The van der Waals surface area contributed by atoms with Gasteiger partial charge >= 0.3 is 0 Å². The van der Waals surface area contributed by atoms with Crippen molar-refractivity contribution in [2.75, 3.05) is 56.8 Å². The molecular formula is C24H36N8O3S. The van der Waals surface area contributed by atoms with Gasteiger partial charge in [0, 0.05) is 31.4 Å². The minimum absolute atomic E-state index is 0.0226. The average molecular weight is 517 g/mol. The number of aromatic nitrogens is 5. The lowest BCUT2D eigenvalue weighted by Gasteiger charge is -2.39. The topological polar surface area (TPSA) is 122 Å². The van der Waals surface area contributed by atoms with E-state index in [2.05, 4.69) is 27.6 Å². The van der Waals surface area contributed by atoms with Crippen molar-refractivity contribution in [3.8, 4) is 0 Å². The Kier molecular flexibility index (Phi) is 8.59. The fraction of sp³-hybridized carbons (Fsp3) is 0.667. The minimum Gasteiger partial charge on any atom is -0.394 e. The van der Waals surface area contributed by atoms with Gasteiger partial charge in [0.05, 0.1) is 56.5 Å². The van der Waals surface area contributed by atoms with Crippen LogP contribution in [0.1, 0.15) is 37.6 Å². The Hall–Kier alpha value is -2.38. The quantitative estimate of drug-likeness (QED) is 0.328. The highest BCUT2D eigenvalue weighted by molar-refractivity contribution is 7.18. The molecule has 0 spiro atoms. The molecule has 2 fully saturated rings. The summed E-state index contributed by atoms with van der Waals surface area (Å²) in [7, 11) is 0. The predicted octanol–water partition coefficient (Wildman–Crippen LogP) is 2.65. The lowest BCUT2D eigenvalue weighted by Crippen LogP contribution is -2.46. The highest BCUT2D eigenvalue weighted by Crippen LogP contribution is 2.31. The van der Waals surface area contributed by atoms with E-state index in [1.165, 1.54) is 12.8 Å². The molecule has 3 N–H and O–H groups in total. The van der Waals surface area contributed by atoms with Crippen molar-refractivity contribution >= 4 is 39.1 Å². The fourth-order valence-electron chi connectivity index (χ4n) is 4.90. The number of hydrogen-bond donors (Lipinski definition) is 3. The van der Waals surface area contributed by atoms with Crippen LogP contribution in [-0.2, 0) is 22.4 Å². The molecular weight excluding hydrogens is 480 g/mol. The zero-order chi connectivity index (χ0) is 24.7. The molecule has 5 rings (SSSR count). The van der Waals surface area contributed by atoms with Gasteiger partial charge in [0.1, 0.15) is 5.52 Å². The number of morpholine rings is 1. The van der Waals surface area contributed by atoms with Gasteiger partial charge < -0.3 is 25.2 Å². The predicted molar refractivity (Wildman–Crippen MR) is 140 cm³/mol. The second-order valence-corrected chi connectivity index (χ2v) is 10.3. The van der Waals surface area contributed by atoms with Gasteiger partial charge in [-0.2, -0.15) is 15.1 Å². The molecule has 196 valence electrons. The average Bonchev–Trinajstić information content (AvgIpc) is 3.54. The van der Waals surface area contributed by atoms with E-state index in [-0.39, 0.29) is 6.61 Å². The van der Waals surface area contributed by atoms with E-state index in [1.807, 2.05) is 6.20 Å². The first-order valence-electron chi connectivity index (χ1n) is 13.0. The third kappa shape index (κ3) is 6.30. The molecule has 0 radical (unpaired) electrons. The number of anilines is 3. The van der Waals surface area contributed by atoms with Gasteiger partial charge in [-0.05, 0) is 32.1 Å². The number of aliphatic hydroxyl groups is 1. The maximum atomic E-state index is 8.83. The second kappa shape index (κ2) is 12.2. The summed E-state index contributed by atoms with van der Waals surface area (Å²) in [6.07, 6.45) is 9.14. The summed E-state index contributed by atoms with van der Waals surface area (Å²) in [5, 5.41) is 21.3. The number of thiazole rings is 1. The maximum absolute atomic E-state index is 8.83. The van der Waals surface area contributed by atoms with E-state index in [0.29, 0.717) is 37.8 Å². The van der Waals surface area contributed by atoms with Crippen LogP contribution in [0.5, 0.6) is 0 Å². The maximum Gasteiger partial charge on any atom is 0.230 e. The SMILES string of the molecule is CCc1nc2c(N[C@H]3CC[C@H](N4CCOCC4)CC3)nc(Nc3cnn(CCOCCO)c3)nc2s1.